The van der Waals surface area contributed by atoms with Gasteiger partial charge in [-0.2, -0.15) is 48.3 Å². The minimum absolute atomic E-state index is 0.461. The molecule has 0 radical (unpaired) electrons. The van der Waals surface area contributed by atoms with Crippen molar-refractivity contribution in [2.45, 2.75) is 28.8 Å². The number of halogens is 12. The topological polar surface area (TPSA) is 43.4 Å². The molecule has 1 rings (SSSR count). The van der Waals surface area contributed by atoms with Crippen molar-refractivity contribution in [1.29, 1.82) is 0 Å². The summed E-state index contributed by atoms with van der Waals surface area (Å²) in [6, 6.07) is -1.23. The van der Waals surface area contributed by atoms with Gasteiger partial charge in [0.1, 0.15) is 5.75 Å². The SMILES string of the molecule is O=S(=O)(Cl)c1ccc(O/C(F)=C(\F)C(F)(F)C(F)(F)C(F)(F)C(F)(F)F)cc1. The third-order valence-electron chi connectivity index (χ3n) is 2.91. The van der Waals surface area contributed by atoms with Crippen LogP contribution in [0.25, 0.3) is 0 Å². The molecule has 0 aliphatic rings. The summed E-state index contributed by atoms with van der Waals surface area (Å²) in [5.74, 6) is -26.9. The van der Waals surface area contributed by atoms with E-state index in [1.165, 1.54) is 0 Å². The molecule has 160 valence electrons. The fourth-order valence-electron chi connectivity index (χ4n) is 1.45. The first-order valence-electron chi connectivity index (χ1n) is 6.25. The minimum Gasteiger partial charge on any atom is -0.430 e. The normalized spacial score (nSPS) is 15.3. The Balaban J connectivity index is 3.28. The summed E-state index contributed by atoms with van der Waals surface area (Å²) in [4.78, 5) is -0.645. The van der Waals surface area contributed by atoms with E-state index in [-0.39, 0.29) is 0 Å². The van der Waals surface area contributed by atoms with Crippen molar-refractivity contribution >= 4 is 19.7 Å². The average Bonchev–Trinajstić information content (AvgIpc) is 2.52. The zero-order valence-corrected chi connectivity index (χ0v) is 14.1. The summed E-state index contributed by atoms with van der Waals surface area (Å²) >= 11 is 0. The molecule has 3 nitrogen and oxygen atoms in total. The summed E-state index contributed by atoms with van der Waals surface area (Å²) in [5.41, 5.74) is 0. The molecule has 0 atom stereocenters. The van der Waals surface area contributed by atoms with E-state index in [9.17, 15) is 56.7 Å². The molecule has 0 amide bonds. The highest BCUT2D eigenvalue weighted by Gasteiger charge is 2.83. The Morgan fingerprint density at radius 2 is 1.25 bits per heavy atom. The fourth-order valence-corrected chi connectivity index (χ4v) is 2.22. The molecule has 0 unspecified atom stereocenters. The highest BCUT2D eigenvalue weighted by atomic mass is 35.7. The molecule has 0 aliphatic carbocycles. The van der Waals surface area contributed by atoms with Crippen molar-refractivity contribution < 1.29 is 61.4 Å². The first-order valence-corrected chi connectivity index (χ1v) is 8.56. The summed E-state index contributed by atoms with van der Waals surface area (Å²) in [7, 11) is 0.590. The maximum Gasteiger partial charge on any atom is 0.460 e. The highest BCUT2D eigenvalue weighted by Crippen LogP contribution is 2.55. The Morgan fingerprint density at radius 1 is 0.821 bits per heavy atom. The van der Waals surface area contributed by atoms with Gasteiger partial charge in [0.05, 0.1) is 4.90 Å². The molecule has 28 heavy (non-hydrogen) atoms. The van der Waals surface area contributed by atoms with Crippen molar-refractivity contribution in [3.8, 4) is 5.75 Å². The molecular weight excluding hydrogens is 469 g/mol. The van der Waals surface area contributed by atoms with E-state index >= 15 is 0 Å². The van der Waals surface area contributed by atoms with Crippen molar-refractivity contribution in [1.82, 2.24) is 0 Å². The standard InChI is InChI=1S/C12H4ClF11O3S/c13-28(25,26)6-3-1-5(2-4-6)27-8(15)7(14)9(16,17)10(18,19)11(20,21)12(22,23)24/h1-4H/b8-7-. The van der Waals surface area contributed by atoms with Gasteiger partial charge in [-0.3, -0.25) is 0 Å². The quantitative estimate of drug-likeness (QED) is 0.309. The first kappa shape index (κ1) is 24.3. The van der Waals surface area contributed by atoms with Crippen LogP contribution in [-0.2, 0) is 9.05 Å². The highest BCUT2D eigenvalue weighted by molar-refractivity contribution is 8.13. The van der Waals surface area contributed by atoms with Gasteiger partial charge in [0.25, 0.3) is 9.05 Å². The molecule has 0 spiro atoms. The van der Waals surface area contributed by atoms with Crippen LogP contribution in [0.15, 0.2) is 41.0 Å². The predicted octanol–water partition coefficient (Wildman–Crippen LogP) is 5.57. The number of benzene rings is 1. The van der Waals surface area contributed by atoms with Crippen LogP contribution in [0.5, 0.6) is 5.75 Å². The third-order valence-corrected chi connectivity index (χ3v) is 4.28. The second kappa shape index (κ2) is 7.24. The Bertz CT molecular complexity index is 860. The molecule has 1 aromatic carbocycles. The lowest BCUT2D eigenvalue weighted by Crippen LogP contribution is -2.61. The summed E-state index contributed by atoms with van der Waals surface area (Å²) < 4.78 is 166. The maximum absolute atomic E-state index is 13.3. The van der Waals surface area contributed by atoms with E-state index in [1.807, 2.05) is 0 Å². The van der Waals surface area contributed by atoms with Gasteiger partial charge in [-0.05, 0) is 24.3 Å². The van der Waals surface area contributed by atoms with Crippen LogP contribution in [0.3, 0.4) is 0 Å². The molecule has 0 aliphatic heterocycles. The van der Waals surface area contributed by atoms with Gasteiger partial charge in [-0.25, -0.2) is 8.42 Å². The lowest BCUT2D eigenvalue weighted by molar-refractivity contribution is -0.392. The zero-order valence-electron chi connectivity index (χ0n) is 12.5. The van der Waals surface area contributed by atoms with Gasteiger partial charge < -0.3 is 4.74 Å². The van der Waals surface area contributed by atoms with Gasteiger partial charge in [0, 0.05) is 10.7 Å². The van der Waals surface area contributed by atoms with Gasteiger partial charge in [0.2, 0.25) is 5.83 Å². The van der Waals surface area contributed by atoms with Gasteiger partial charge >= 0.3 is 30.0 Å². The van der Waals surface area contributed by atoms with Crippen LogP contribution in [0.2, 0.25) is 0 Å². The second-order valence-corrected chi connectivity index (χ2v) is 7.39. The van der Waals surface area contributed by atoms with E-state index in [0.717, 1.165) is 0 Å². The zero-order chi connectivity index (χ0) is 22.3. The van der Waals surface area contributed by atoms with E-state index < -0.39 is 55.5 Å². The molecule has 0 saturated heterocycles. The van der Waals surface area contributed by atoms with Crippen LogP contribution in [0.4, 0.5) is 48.3 Å². The van der Waals surface area contributed by atoms with Crippen molar-refractivity contribution in [2.75, 3.05) is 0 Å². The summed E-state index contributed by atoms with van der Waals surface area (Å²) in [6.45, 7) is 0. The Labute approximate surface area is 152 Å². The van der Waals surface area contributed by atoms with Crippen LogP contribution in [0.1, 0.15) is 0 Å². The Morgan fingerprint density at radius 3 is 1.61 bits per heavy atom. The molecule has 0 saturated carbocycles. The van der Waals surface area contributed by atoms with E-state index in [1.54, 1.807) is 0 Å². The maximum atomic E-state index is 13.3. The molecule has 16 heteroatoms. The average molecular weight is 473 g/mol. The summed E-state index contributed by atoms with van der Waals surface area (Å²) in [6.07, 6.45) is -7.22. The number of ether oxygens (including phenoxy) is 1. The van der Waals surface area contributed by atoms with Crippen molar-refractivity contribution in [2.24, 2.45) is 0 Å². The van der Waals surface area contributed by atoms with Crippen LogP contribution in [-0.4, -0.2) is 32.4 Å². The van der Waals surface area contributed by atoms with Crippen molar-refractivity contribution in [3.63, 3.8) is 0 Å². The molecular formula is C12H4ClF11O3S. The lowest BCUT2D eigenvalue weighted by Gasteiger charge is -2.32. The van der Waals surface area contributed by atoms with Gasteiger partial charge in [-0.15, -0.1) is 0 Å². The molecule has 0 N–H and O–H groups in total. The molecule has 0 bridgehead atoms. The predicted molar refractivity (Wildman–Crippen MR) is 70.2 cm³/mol. The third kappa shape index (κ3) is 4.29. The van der Waals surface area contributed by atoms with Crippen LogP contribution < -0.4 is 4.74 Å². The van der Waals surface area contributed by atoms with E-state index in [4.69, 9.17) is 10.7 Å². The summed E-state index contributed by atoms with van der Waals surface area (Å²) in [5, 5.41) is 0. The Kier molecular flexibility index (Phi) is 6.28. The minimum atomic E-state index is -7.43. The number of rotatable bonds is 6. The number of alkyl halides is 9. The smallest absolute Gasteiger partial charge is 0.430 e. The number of hydrogen-bond donors (Lipinski definition) is 0. The Hall–Kier alpha value is -1.77. The molecule has 1 aromatic rings. The second-order valence-electron chi connectivity index (χ2n) is 4.82. The lowest BCUT2D eigenvalue weighted by atomic mass is 10.0. The molecule has 0 fully saturated rings. The van der Waals surface area contributed by atoms with Crippen molar-refractivity contribution in [3.05, 3.63) is 36.1 Å². The van der Waals surface area contributed by atoms with Crippen LogP contribution in [0, 0.1) is 0 Å². The van der Waals surface area contributed by atoms with E-state index in [2.05, 4.69) is 4.74 Å². The number of allylic oxidation sites excluding steroid dienone is 1. The van der Waals surface area contributed by atoms with E-state index in [0.29, 0.717) is 24.3 Å². The van der Waals surface area contributed by atoms with Crippen LogP contribution >= 0.6 is 10.7 Å². The number of hydrogen-bond acceptors (Lipinski definition) is 3. The molecule has 0 aromatic heterocycles. The van der Waals surface area contributed by atoms with Gasteiger partial charge in [-0.1, -0.05) is 0 Å². The monoisotopic (exact) mass is 472 g/mol. The fraction of sp³-hybridized carbons (Fsp3) is 0.333. The van der Waals surface area contributed by atoms with Gasteiger partial charge in [0.15, 0.2) is 0 Å². The largest absolute Gasteiger partial charge is 0.460 e. The first-order chi connectivity index (χ1) is 12.3. The molecule has 0 heterocycles.